The Kier molecular flexibility index (Phi) is 5.04. The van der Waals surface area contributed by atoms with Crippen molar-refractivity contribution in [2.24, 2.45) is 5.92 Å². The van der Waals surface area contributed by atoms with E-state index in [-0.39, 0.29) is 5.91 Å². The maximum atomic E-state index is 12.3. The van der Waals surface area contributed by atoms with Crippen LogP contribution >= 0.6 is 0 Å². The first-order valence-corrected chi connectivity index (χ1v) is 7.76. The zero-order valence-corrected chi connectivity index (χ0v) is 13.8. The Labute approximate surface area is 127 Å². The number of amides is 1. The van der Waals surface area contributed by atoms with Crippen LogP contribution in [0.25, 0.3) is 0 Å². The Morgan fingerprint density at radius 1 is 1.48 bits per heavy atom. The summed E-state index contributed by atoms with van der Waals surface area (Å²) in [5.41, 5.74) is 3.35. The van der Waals surface area contributed by atoms with Gasteiger partial charge < -0.3 is 9.64 Å². The molecule has 2 heterocycles. The van der Waals surface area contributed by atoms with E-state index in [9.17, 15) is 4.79 Å². The second-order valence-electron chi connectivity index (χ2n) is 6.37. The van der Waals surface area contributed by atoms with Gasteiger partial charge in [0.25, 0.3) is 0 Å². The molecule has 21 heavy (non-hydrogen) atoms. The monoisotopic (exact) mass is 293 g/mol. The van der Waals surface area contributed by atoms with E-state index in [2.05, 4.69) is 25.9 Å². The lowest BCUT2D eigenvalue weighted by Crippen LogP contribution is -2.28. The minimum atomic E-state index is 0.196. The van der Waals surface area contributed by atoms with Crippen molar-refractivity contribution in [2.45, 2.75) is 53.1 Å². The third kappa shape index (κ3) is 3.64. The maximum Gasteiger partial charge on any atom is 0.222 e. The Morgan fingerprint density at radius 2 is 2.19 bits per heavy atom. The zero-order chi connectivity index (χ0) is 15.6. The van der Waals surface area contributed by atoms with Crippen molar-refractivity contribution in [3.05, 3.63) is 17.0 Å². The molecule has 0 saturated carbocycles. The number of ether oxygens (including phenoxy) is 1. The lowest BCUT2D eigenvalue weighted by molar-refractivity contribution is -0.131. The van der Waals surface area contributed by atoms with Crippen molar-refractivity contribution < 1.29 is 9.53 Å². The van der Waals surface area contributed by atoms with E-state index in [1.54, 1.807) is 0 Å². The molecule has 118 valence electrons. The maximum absolute atomic E-state index is 12.3. The van der Waals surface area contributed by atoms with E-state index in [4.69, 9.17) is 4.74 Å². The SMILES string of the molecule is Cc1nn(C(C)C)c(C)c1CN(C)C(=O)C[C@@H]1CCOC1. The van der Waals surface area contributed by atoms with Gasteiger partial charge in [-0.25, -0.2) is 0 Å². The molecule has 1 aliphatic rings. The molecule has 0 aromatic carbocycles. The first kappa shape index (κ1) is 16.0. The van der Waals surface area contributed by atoms with Gasteiger partial charge in [-0.15, -0.1) is 0 Å². The van der Waals surface area contributed by atoms with Crippen LogP contribution in [-0.4, -0.2) is 40.8 Å². The molecule has 1 aromatic rings. The second-order valence-corrected chi connectivity index (χ2v) is 6.37. The molecule has 0 radical (unpaired) electrons. The molecule has 2 rings (SSSR count). The topological polar surface area (TPSA) is 47.4 Å². The molecule has 0 aliphatic carbocycles. The molecular weight excluding hydrogens is 266 g/mol. The van der Waals surface area contributed by atoms with Gasteiger partial charge in [0, 0.05) is 50.5 Å². The molecule has 1 amide bonds. The van der Waals surface area contributed by atoms with Crippen molar-refractivity contribution in [1.29, 1.82) is 0 Å². The first-order chi connectivity index (χ1) is 9.90. The van der Waals surface area contributed by atoms with Crippen LogP contribution in [0.15, 0.2) is 0 Å². The number of carbonyl (C=O) groups excluding carboxylic acids is 1. The summed E-state index contributed by atoms with van der Waals surface area (Å²) >= 11 is 0. The highest BCUT2D eigenvalue weighted by atomic mass is 16.5. The molecular formula is C16H27N3O2. The number of hydrogen-bond acceptors (Lipinski definition) is 3. The van der Waals surface area contributed by atoms with Gasteiger partial charge in [-0.3, -0.25) is 9.48 Å². The van der Waals surface area contributed by atoms with Crippen LogP contribution in [0.1, 0.15) is 49.7 Å². The molecule has 0 bridgehead atoms. The van der Waals surface area contributed by atoms with Crippen molar-refractivity contribution in [1.82, 2.24) is 14.7 Å². The molecule has 1 saturated heterocycles. The highest BCUT2D eigenvalue weighted by Crippen LogP contribution is 2.21. The number of hydrogen-bond donors (Lipinski definition) is 0. The summed E-state index contributed by atoms with van der Waals surface area (Å²) in [7, 11) is 1.88. The smallest absolute Gasteiger partial charge is 0.222 e. The summed E-state index contributed by atoms with van der Waals surface area (Å²) in [6, 6.07) is 0.342. The Bertz CT molecular complexity index is 502. The van der Waals surface area contributed by atoms with Gasteiger partial charge in [-0.1, -0.05) is 0 Å². The molecule has 0 spiro atoms. The molecule has 1 aliphatic heterocycles. The highest BCUT2D eigenvalue weighted by Gasteiger charge is 2.22. The van der Waals surface area contributed by atoms with E-state index in [1.165, 1.54) is 5.56 Å². The van der Waals surface area contributed by atoms with E-state index in [0.717, 1.165) is 31.0 Å². The Balaban J connectivity index is 2.01. The molecule has 0 N–H and O–H groups in total. The summed E-state index contributed by atoms with van der Waals surface area (Å²) in [6.07, 6.45) is 1.59. The fourth-order valence-electron chi connectivity index (χ4n) is 2.90. The van der Waals surface area contributed by atoms with Crippen molar-refractivity contribution >= 4 is 5.91 Å². The fraction of sp³-hybridized carbons (Fsp3) is 0.750. The Morgan fingerprint density at radius 3 is 2.71 bits per heavy atom. The van der Waals surface area contributed by atoms with Crippen LogP contribution in [0.2, 0.25) is 0 Å². The second kappa shape index (κ2) is 6.60. The van der Waals surface area contributed by atoms with Crippen LogP contribution in [0, 0.1) is 19.8 Å². The summed E-state index contributed by atoms with van der Waals surface area (Å²) in [4.78, 5) is 14.1. The van der Waals surface area contributed by atoms with Crippen LogP contribution < -0.4 is 0 Å². The third-order valence-corrected chi connectivity index (χ3v) is 4.27. The summed E-state index contributed by atoms with van der Waals surface area (Å²) in [5.74, 6) is 0.585. The normalized spacial score (nSPS) is 18.5. The minimum absolute atomic E-state index is 0.196. The van der Waals surface area contributed by atoms with Crippen molar-refractivity contribution in [3.8, 4) is 0 Å². The Hall–Kier alpha value is -1.36. The summed E-state index contributed by atoms with van der Waals surface area (Å²) in [5, 5.41) is 4.58. The molecule has 1 atom stereocenters. The van der Waals surface area contributed by atoms with Crippen molar-refractivity contribution in [2.75, 3.05) is 20.3 Å². The van der Waals surface area contributed by atoms with Gasteiger partial charge >= 0.3 is 0 Å². The van der Waals surface area contributed by atoms with E-state index >= 15 is 0 Å². The highest BCUT2D eigenvalue weighted by molar-refractivity contribution is 5.76. The van der Waals surface area contributed by atoms with E-state index in [1.807, 2.05) is 23.6 Å². The molecule has 5 nitrogen and oxygen atoms in total. The standard InChI is InChI=1S/C16H27N3O2/c1-11(2)19-13(4)15(12(3)17-19)9-18(5)16(20)8-14-6-7-21-10-14/h11,14H,6-10H2,1-5H3/t14-/m0/s1. The first-order valence-electron chi connectivity index (χ1n) is 7.76. The lowest BCUT2D eigenvalue weighted by Gasteiger charge is -2.19. The van der Waals surface area contributed by atoms with Gasteiger partial charge in [-0.2, -0.15) is 5.10 Å². The zero-order valence-electron chi connectivity index (χ0n) is 13.8. The molecule has 1 aromatic heterocycles. The van der Waals surface area contributed by atoms with Gasteiger partial charge in [0.15, 0.2) is 0 Å². The van der Waals surface area contributed by atoms with Crippen LogP contribution in [0.3, 0.4) is 0 Å². The average Bonchev–Trinajstić information content (AvgIpc) is 3.01. The van der Waals surface area contributed by atoms with Gasteiger partial charge in [0.05, 0.1) is 5.69 Å². The number of aryl methyl sites for hydroxylation is 1. The van der Waals surface area contributed by atoms with E-state index in [0.29, 0.717) is 24.9 Å². The van der Waals surface area contributed by atoms with Gasteiger partial charge in [0.1, 0.15) is 0 Å². The number of carbonyl (C=O) groups is 1. The number of aromatic nitrogens is 2. The van der Waals surface area contributed by atoms with Gasteiger partial charge in [0.2, 0.25) is 5.91 Å². The largest absolute Gasteiger partial charge is 0.381 e. The third-order valence-electron chi connectivity index (χ3n) is 4.27. The predicted octanol–water partition coefficient (Wildman–Crippen LogP) is 2.47. The summed E-state index contributed by atoms with van der Waals surface area (Å²) in [6.45, 7) is 10.5. The number of nitrogens with zero attached hydrogens (tertiary/aromatic N) is 3. The molecule has 0 unspecified atom stereocenters. The van der Waals surface area contributed by atoms with Crippen molar-refractivity contribution in [3.63, 3.8) is 0 Å². The van der Waals surface area contributed by atoms with E-state index < -0.39 is 0 Å². The average molecular weight is 293 g/mol. The lowest BCUT2D eigenvalue weighted by atomic mass is 10.0. The van der Waals surface area contributed by atoms with Crippen LogP contribution in [-0.2, 0) is 16.1 Å². The fourth-order valence-corrected chi connectivity index (χ4v) is 2.90. The molecule has 5 heteroatoms. The quantitative estimate of drug-likeness (QED) is 0.838. The van der Waals surface area contributed by atoms with Crippen LogP contribution in [0.4, 0.5) is 0 Å². The van der Waals surface area contributed by atoms with Gasteiger partial charge in [-0.05, 0) is 40.0 Å². The minimum Gasteiger partial charge on any atom is -0.381 e. The van der Waals surface area contributed by atoms with Crippen LogP contribution in [0.5, 0.6) is 0 Å². The molecule has 1 fully saturated rings. The summed E-state index contributed by atoms with van der Waals surface area (Å²) < 4.78 is 7.38. The number of rotatable bonds is 5. The predicted molar refractivity (Wildman–Crippen MR) is 82.1 cm³/mol.